The van der Waals surface area contributed by atoms with Gasteiger partial charge in [-0.1, -0.05) is 0 Å². The highest BCUT2D eigenvalue weighted by molar-refractivity contribution is 6.00. The molecule has 0 spiro atoms. The molecule has 1 fully saturated rings. The van der Waals surface area contributed by atoms with Gasteiger partial charge in [0.25, 0.3) is 0 Å². The van der Waals surface area contributed by atoms with Crippen molar-refractivity contribution in [3.05, 3.63) is 17.7 Å². The number of esters is 2. The average Bonchev–Trinajstić information content (AvgIpc) is 3.08. The summed E-state index contributed by atoms with van der Waals surface area (Å²) in [6.07, 6.45) is -1.00. The van der Waals surface area contributed by atoms with E-state index in [2.05, 4.69) is 14.5 Å². The first-order valence-corrected chi connectivity index (χ1v) is 6.21. The number of imidazole rings is 1. The standard InChI is InChI=1S/C12H16N2O7/c1-19-11(17)9-10(12(18)20-2)14(5-13-9)8-3-6(16)7(4-15)21-8/h5-8,15-16H,3-4H2,1-2H3/t6-,7+,8+/m0/s1. The van der Waals surface area contributed by atoms with Crippen LogP contribution in [0.4, 0.5) is 0 Å². The van der Waals surface area contributed by atoms with E-state index >= 15 is 0 Å². The second-order valence-corrected chi connectivity index (χ2v) is 4.45. The van der Waals surface area contributed by atoms with Gasteiger partial charge < -0.3 is 24.4 Å². The SMILES string of the molecule is COC(=O)c1ncn([C@H]2C[C@H](O)[C@@H](CO)O2)c1C(=O)OC. The van der Waals surface area contributed by atoms with Crippen LogP contribution in [0.15, 0.2) is 6.33 Å². The minimum Gasteiger partial charge on any atom is -0.464 e. The van der Waals surface area contributed by atoms with Gasteiger partial charge in [-0.15, -0.1) is 0 Å². The summed E-state index contributed by atoms with van der Waals surface area (Å²) in [5.74, 6) is -1.56. The van der Waals surface area contributed by atoms with E-state index in [4.69, 9.17) is 9.84 Å². The van der Waals surface area contributed by atoms with Crippen molar-refractivity contribution in [1.29, 1.82) is 0 Å². The van der Waals surface area contributed by atoms with E-state index in [1.807, 2.05) is 0 Å². The van der Waals surface area contributed by atoms with E-state index in [1.54, 1.807) is 0 Å². The number of carbonyl (C=O) groups excluding carboxylic acids is 2. The Morgan fingerprint density at radius 1 is 1.43 bits per heavy atom. The number of hydrogen-bond donors (Lipinski definition) is 2. The number of aliphatic hydroxyl groups is 2. The van der Waals surface area contributed by atoms with Gasteiger partial charge in [-0.3, -0.25) is 4.57 Å². The first kappa shape index (κ1) is 15.4. The fraction of sp³-hybridized carbons (Fsp3) is 0.583. The van der Waals surface area contributed by atoms with Crippen LogP contribution in [0.2, 0.25) is 0 Å². The van der Waals surface area contributed by atoms with Crippen molar-refractivity contribution in [2.75, 3.05) is 20.8 Å². The molecule has 116 valence electrons. The lowest BCUT2D eigenvalue weighted by molar-refractivity contribution is -0.0453. The summed E-state index contributed by atoms with van der Waals surface area (Å²) < 4.78 is 15.9. The Kier molecular flexibility index (Phi) is 4.56. The van der Waals surface area contributed by atoms with E-state index in [0.717, 1.165) is 0 Å². The average molecular weight is 300 g/mol. The Bertz CT molecular complexity index is 542. The number of rotatable bonds is 4. The maximum atomic E-state index is 11.9. The first-order chi connectivity index (χ1) is 10.0. The Labute approximate surface area is 120 Å². The summed E-state index contributed by atoms with van der Waals surface area (Å²) in [7, 11) is 2.33. The molecule has 0 aliphatic carbocycles. The highest BCUT2D eigenvalue weighted by Gasteiger charge is 2.37. The molecule has 0 bridgehead atoms. The molecule has 1 aromatic rings. The lowest BCUT2D eigenvalue weighted by atomic mass is 10.2. The smallest absolute Gasteiger partial charge is 0.359 e. The molecule has 3 atom stereocenters. The predicted molar refractivity (Wildman–Crippen MR) is 66.5 cm³/mol. The van der Waals surface area contributed by atoms with Gasteiger partial charge in [0.15, 0.2) is 11.4 Å². The van der Waals surface area contributed by atoms with Crippen molar-refractivity contribution in [2.24, 2.45) is 0 Å². The molecule has 1 aliphatic heterocycles. The van der Waals surface area contributed by atoms with E-state index in [-0.39, 0.29) is 24.4 Å². The van der Waals surface area contributed by atoms with Crippen LogP contribution in [0.3, 0.4) is 0 Å². The minimum absolute atomic E-state index is 0.125. The third kappa shape index (κ3) is 2.75. The van der Waals surface area contributed by atoms with E-state index < -0.39 is 30.4 Å². The van der Waals surface area contributed by atoms with Crippen LogP contribution in [0, 0.1) is 0 Å². The molecule has 21 heavy (non-hydrogen) atoms. The van der Waals surface area contributed by atoms with Crippen LogP contribution < -0.4 is 0 Å². The van der Waals surface area contributed by atoms with E-state index in [0.29, 0.717) is 0 Å². The molecule has 0 aromatic carbocycles. The molecule has 0 amide bonds. The molecule has 9 nitrogen and oxygen atoms in total. The molecule has 9 heteroatoms. The monoisotopic (exact) mass is 300 g/mol. The highest BCUT2D eigenvalue weighted by atomic mass is 16.5. The van der Waals surface area contributed by atoms with Gasteiger partial charge in [0, 0.05) is 6.42 Å². The Balaban J connectivity index is 2.38. The van der Waals surface area contributed by atoms with Crippen LogP contribution in [-0.2, 0) is 14.2 Å². The number of aromatic nitrogens is 2. The normalized spacial score (nSPS) is 24.9. The number of nitrogens with zero attached hydrogens (tertiary/aromatic N) is 2. The molecule has 2 heterocycles. The third-order valence-electron chi connectivity index (χ3n) is 3.25. The fourth-order valence-electron chi connectivity index (χ4n) is 2.17. The Hall–Kier alpha value is -1.97. The molecule has 1 aromatic heterocycles. The molecule has 1 saturated heterocycles. The maximum Gasteiger partial charge on any atom is 0.359 e. The van der Waals surface area contributed by atoms with Crippen LogP contribution in [-0.4, -0.2) is 64.7 Å². The van der Waals surface area contributed by atoms with Crippen molar-refractivity contribution in [2.45, 2.75) is 24.9 Å². The number of carbonyl (C=O) groups is 2. The number of methoxy groups -OCH3 is 2. The molecule has 2 N–H and O–H groups in total. The summed E-state index contributed by atoms with van der Waals surface area (Å²) in [6, 6.07) is 0. The molecule has 0 saturated carbocycles. The van der Waals surface area contributed by atoms with Gasteiger partial charge in [0.1, 0.15) is 12.3 Å². The van der Waals surface area contributed by atoms with Gasteiger partial charge in [-0.2, -0.15) is 0 Å². The number of aliphatic hydroxyl groups excluding tert-OH is 2. The zero-order chi connectivity index (χ0) is 15.6. The van der Waals surface area contributed by atoms with Gasteiger partial charge in [-0.25, -0.2) is 14.6 Å². The van der Waals surface area contributed by atoms with Gasteiger partial charge in [0.2, 0.25) is 0 Å². The van der Waals surface area contributed by atoms with Crippen molar-refractivity contribution < 1.29 is 34.0 Å². The lowest BCUT2D eigenvalue weighted by Crippen LogP contribution is -2.24. The fourth-order valence-corrected chi connectivity index (χ4v) is 2.17. The highest BCUT2D eigenvalue weighted by Crippen LogP contribution is 2.30. The first-order valence-electron chi connectivity index (χ1n) is 6.21. The predicted octanol–water partition coefficient (Wildman–Crippen LogP) is -0.903. The second-order valence-electron chi connectivity index (χ2n) is 4.45. The van der Waals surface area contributed by atoms with Crippen LogP contribution in [0.25, 0.3) is 0 Å². The second kappa shape index (κ2) is 6.20. The summed E-state index contributed by atoms with van der Waals surface area (Å²) in [6.45, 7) is -0.357. The zero-order valence-electron chi connectivity index (χ0n) is 11.6. The van der Waals surface area contributed by atoms with Crippen molar-refractivity contribution in [3.8, 4) is 0 Å². The van der Waals surface area contributed by atoms with Gasteiger partial charge >= 0.3 is 11.9 Å². The van der Waals surface area contributed by atoms with Crippen molar-refractivity contribution >= 4 is 11.9 Å². The quantitative estimate of drug-likeness (QED) is 0.686. The number of ether oxygens (including phenoxy) is 3. The third-order valence-corrected chi connectivity index (χ3v) is 3.25. The topological polar surface area (TPSA) is 120 Å². The van der Waals surface area contributed by atoms with Crippen LogP contribution in [0.5, 0.6) is 0 Å². The minimum atomic E-state index is -0.880. The van der Waals surface area contributed by atoms with E-state index in [9.17, 15) is 14.7 Å². The zero-order valence-corrected chi connectivity index (χ0v) is 11.6. The number of hydrogen-bond acceptors (Lipinski definition) is 8. The summed E-state index contributed by atoms with van der Waals surface area (Å²) in [5, 5.41) is 18.8. The maximum absolute atomic E-state index is 11.9. The van der Waals surface area contributed by atoms with Crippen LogP contribution in [0.1, 0.15) is 33.6 Å². The molecular formula is C12H16N2O7. The summed E-state index contributed by atoms with van der Waals surface area (Å²) in [4.78, 5) is 27.3. The largest absolute Gasteiger partial charge is 0.464 e. The molecule has 1 aliphatic rings. The van der Waals surface area contributed by atoms with Gasteiger partial charge in [-0.05, 0) is 0 Å². The van der Waals surface area contributed by atoms with E-state index in [1.165, 1.54) is 25.1 Å². The van der Waals surface area contributed by atoms with Crippen molar-refractivity contribution in [3.63, 3.8) is 0 Å². The van der Waals surface area contributed by atoms with Crippen molar-refractivity contribution in [1.82, 2.24) is 9.55 Å². The Morgan fingerprint density at radius 2 is 2.10 bits per heavy atom. The molecule has 0 radical (unpaired) electrons. The van der Waals surface area contributed by atoms with Gasteiger partial charge in [0.05, 0.1) is 33.3 Å². The summed E-state index contributed by atoms with van der Waals surface area (Å²) >= 11 is 0. The molecular weight excluding hydrogens is 284 g/mol. The summed E-state index contributed by atoms with van der Waals surface area (Å²) in [5.41, 5.74) is -0.324. The Morgan fingerprint density at radius 3 is 2.62 bits per heavy atom. The molecule has 0 unspecified atom stereocenters. The molecule has 2 rings (SSSR count). The van der Waals surface area contributed by atoms with Crippen LogP contribution >= 0.6 is 0 Å². The lowest BCUT2D eigenvalue weighted by Gasteiger charge is -2.15.